The second-order valence-electron chi connectivity index (χ2n) is 12.6. The molecule has 0 unspecified atom stereocenters. The van der Waals surface area contributed by atoms with Crippen molar-refractivity contribution in [2.24, 2.45) is 11.3 Å². The Hall–Kier alpha value is -2.76. The zero-order valence-corrected chi connectivity index (χ0v) is 25.3. The number of carbonyl (C=O) groups is 1. The molecule has 1 fully saturated rings. The molecule has 39 heavy (non-hydrogen) atoms. The summed E-state index contributed by atoms with van der Waals surface area (Å²) in [7, 11) is -3.51. The molecule has 3 aromatic rings. The summed E-state index contributed by atoms with van der Waals surface area (Å²) in [6, 6.07) is 11.2. The number of nitrogens with one attached hydrogen (secondary N) is 1. The van der Waals surface area contributed by atoms with Crippen LogP contribution in [0.2, 0.25) is 0 Å². The van der Waals surface area contributed by atoms with Crippen LogP contribution < -0.4 is 5.32 Å². The molecule has 2 aromatic carbocycles. The Balaban J connectivity index is 1.80. The fourth-order valence-electron chi connectivity index (χ4n) is 5.26. The van der Waals surface area contributed by atoms with Crippen molar-refractivity contribution in [3.05, 3.63) is 58.5 Å². The lowest BCUT2D eigenvalue weighted by Gasteiger charge is -2.21. The molecule has 1 amide bonds. The van der Waals surface area contributed by atoms with Gasteiger partial charge in [-0.3, -0.25) is 4.79 Å². The maximum absolute atomic E-state index is 13.4. The molecule has 0 bridgehead atoms. The smallest absolute Gasteiger partial charge is 0.280 e. The van der Waals surface area contributed by atoms with E-state index in [1.165, 1.54) is 30.6 Å². The minimum Gasteiger partial charge on any atom is -0.342 e. The second kappa shape index (κ2) is 11.4. The van der Waals surface area contributed by atoms with Crippen molar-refractivity contribution in [2.75, 3.05) is 12.3 Å². The molecule has 8 heteroatoms. The Kier molecular flexibility index (Phi) is 8.53. The molecule has 6 nitrogen and oxygen atoms in total. The number of hydrogen-bond acceptors (Lipinski definition) is 5. The second-order valence-corrected chi connectivity index (χ2v) is 15.5. The summed E-state index contributed by atoms with van der Waals surface area (Å²) in [6.45, 7) is 17.0. The van der Waals surface area contributed by atoms with E-state index in [9.17, 15) is 13.2 Å². The highest BCUT2D eigenvalue weighted by atomic mass is 32.2. The van der Waals surface area contributed by atoms with Crippen LogP contribution in [0.15, 0.2) is 41.3 Å². The lowest BCUT2D eigenvalue weighted by atomic mass is 9.85. The molecule has 208 valence electrons. The number of benzene rings is 2. The van der Waals surface area contributed by atoms with Crippen LogP contribution in [0.5, 0.6) is 0 Å². The quantitative estimate of drug-likeness (QED) is 0.290. The molecule has 1 N–H and O–H groups in total. The number of hydrogen-bond donors (Lipinski definition) is 1. The zero-order valence-electron chi connectivity index (χ0n) is 23.6. The molecule has 0 atom stereocenters. The minimum absolute atomic E-state index is 0.0576. The van der Waals surface area contributed by atoms with Gasteiger partial charge in [0.15, 0.2) is 14.8 Å². The summed E-state index contributed by atoms with van der Waals surface area (Å²) >= 11 is 1.36. The van der Waals surface area contributed by atoms with Gasteiger partial charge in [-0.15, -0.1) is 11.3 Å². The Morgan fingerprint density at radius 3 is 2.36 bits per heavy atom. The molecule has 0 spiro atoms. The molecule has 1 saturated carbocycles. The highest BCUT2D eigenvalue weighted by Crippen LogP contribution is 2.40. The first-order valence-electron chi connectivity index (χ1n) is 13.7. The van der Waals surface area contributed by atoms with Gasteiger partial charge in [0, 0.05) is 24.8 Å². The van der Waals surface area contributed by atoms with Gasteiger partial charge in [-0.2, -0.15) is 0 Å². The first-order valence-corrected chi connectivity index (χ1v) is 16.2. The van der Waals surface area contributed by atoms with Gasteiger partial charge >= 0.3 is 0 Å². The van der Waals surface area contributed by atoms with E-state index >= 15 is 0 Å². The molecule has 0 radical (unpaired) electrons. The topological polar surface area (TPSA) is 80.5 Å². The lowest BCUT2D eigenvalue weighted by molar-refractivity contribution is 0.0948. The Labute approximate surface area is 237 Å². The first-order chi connectivity index (χ1) is 18.3. The maximum atomic E-state index is 13.4. The van der Waals surface area contributed by atoms with Crippen LogP contribution in [0.3, 0.4) is 0 Å². The third kappa shape index (κ3) is 7.06. The van der Waals surface area contributed by atoms with Crippen molar-refractivity contribution in [2.45, 2.75) is 83.6 Å². The molecule has 1 aliphatic rings. The first kappa shape index (κ1) is 29.2. The zero-order chi connectivity index (χ0) is 28.4. The van der Waals surface area contributed by atoms with Crippen molar-refractivity contribution < 1.29 is 13.2 Å². The number of fused-ring (bicyclic) bond motifs is 1. The standard InChI is InChI=1S/C31H39N3O3S2/c1-30(2,3)20-39(36,37)26-17-16-24(22-14-10-11-15-23(22)26)27-25(18-21-12-8-7-9-13-21)34-29(38-27)28(35)33-19-31(4,5)32-6/h10-11,14-17,21H,7-9,12-13,18-20H2,1-5H3,(H,33,35). The number of amides is 1. The van der Waals surface area contributed by atoms with E-state index in [-0.39, 0.29) is 23.6 Å². The van der Waals surface area contributed by atoms with Gasteiger partial charge in [-0.25, -0.2) is 20.0 Å². The van der Waals surface area contributed by atoms with Gasteiger partial charge in [0.25, 0.3) is 5.91 Å². The van der Waals surface area contributed by atoms with Crippen LogP contribution in [0.4, 0.5) is 0 Å². The summed E-state index contributed by atoms with van der Waals surface area (Å²) in [5.74, 6) is 0.304. The number of aromatic nitrogens is 1. The van der Waals surface area contributed by atoms with Crippen LogP contribution >= 0.6 is 11.3 Å². The van der Waals surface area contributed by atoms with Crippen LogP contribution in [-0.2, 0) is 16.3 Å². The van der Waals surface area contributed by atoms with Gasteiger partial charge in [0.1, 0.15) is 0 Å². The summed E-state index contributed by atoms with van der Waals surface area (Å²) in [5.41, 5.74) is 0.750. The molecule has 0 saturated heterocycles. The van der Waals surface area contributed by atoms with E-state index in [0.717, 1.165) is 40.8 Å². The number of rotatable bonds is 8. The third-order valence-electron chi connectivity index (χ3n) is 7.17. The van der Waals surface area contributed by atoms with Gasteiger partial charge < -0.3 is 10.2 Å². The summed E-state index contributed by atoms with van der Waals surface area (Å²) in [6.07, 6.45) is 6.80. The largest absolute Gasteiger partial charge is 0.342 e. The molecular formula is C31H39N3O3S2. The van der Waals surface area contributed by atoms with Crippen molar-refractivity contribution >= 4 is 37.9 Å². The van der Waals surface area contributed by atoms with E-state index in [2.05, 4.69) is 10.2 Å². The van der Waals surface area contributed by atoms with E-state index in [1.54, 1.807) is 19.9 Å². The van der Waals surface area contributed by atoms with Crippen LogP contribution in [-0.4, -0.2) is 37.1 Å². The average molecular weight is 566 g/mol. The summed E-state index contributed by atoms with van der Waals surface area (Å²) in [5, 5.41) is 4.81. The number of carbonyl (C=O) groups excluding carboxylic acids is 1. The summed E-state index contributed by atoms with van der Waals surface area (Å²) < 4.78 is 26.9. The van der Waals surface area contributed by atoms with Gasteiger partial charge in [0.2, 0.25) is 5.54 Å². The van der Waals surface area contributed by atoms with E-state index < -0.39 is 15.4 Å². The Bertz CT molecular complexity index is 1500. The molecule has 1 heterocycles. The molecule has 4 rings (SSSR count). The highest BCUT2D eigenvalue weighted by Gasteiger charge is 2.29. The number of nitrogens with zero attached hydrogens (tertiary/aromatic N) is 2. The molecule has 1 aromatic heterocycles. The van der Waals surface area contributed by atoms with Crippen LogP contribution in [0.25, 0.3) is 26.1 Å². The maximum Gasteiger partial charge on any atom is 0.280 e. The normalized spacial score (nSPS) is 15.3. The third-order valence-corrected chi connectivity index (χ3v) is 10.6. The fraction of sp³-hybridized carbons (Fsp3) is 0.516. The number of thiazole rings is 1. The van der Waals surface area contributed by atoms with E-state index in [0.29, 0.717) is 21.2 Å². The van der Waals surface area contributed by atoms with Crippen molar-refractivity contribution in [3.8, 4) is 10.4 Å². The van der Waals surface area contributed by atoms with E-state index in [4.69, 9.17) is 11.6 Å². The average Bonchev–Trinajstić information content (AvgIpc) is 3.29. The highest BCUT2D eigenvalue weighted by molar-refractivity contribution is 7.91. The molecule has 0 aliphatic heterocycles. The van der Waals surface area contributed by atoms with Crippen LogP contribution in [0.1, 0.15) is 82.2 Å². The van der Waals surface area contributed by atoms with Crippen LogP contribution in [0, 0.1) is 17.9 Å². The monoisotopic (exact) mass is 565 g/mol. The fourth-order valence-corrected chi connectivity index (χ4v) is 8.40. The van der Waals surface area contributed by atoms with Gasteiger partial charge in [-0.1, -0.05) is 83.2 Å². The van der Waals surface area contributed by atoms with Gasteiger partial charge in [-0.05, 0) is 29.2 Å². The Morgan fingerprint density at radius 2 is 1.72 bits per heavy atom. The van der Waals surface area contributed by atoms with Gasteiger partial charge in [0.05, 0.1) is 27.8 Å². The Morgan fingerprint density at radius 1 is 1.05 bits per heavy atom. The lowest BCUT2D eigenvalue weighted by Crippen LogP contribution is -2.36. The minimum atomic E-state index is -3.51. The molecule has 1 aliphatic carbocycles. The summed E-state index contributed by atoms with van der Waals surface area (Å²) in [4.78, 5) is 22.8. The van der Waals surface area contributed by atoms with Crippen molar-refractivity contribution in [1.29, 1.82) is 0 Å². The van der Waals surface area contributed by atoms with Crippen molar-refractivity contribution in [3.63, 3.8) is 0 Å². The number of sulfone groups is 1. The predicted octanol–water partition coefficient (Wildman–Crippen LogP) is 7.33. The van der Waals surface area contributed by atoms with E-state index in [1.807, 2.05) is 51.1 Å². The predicted molar refractivity (Wildman–Crippen MR) is 160 cm³/mol. The SMILES string of the molecule is [C-]#[N+]C(C)(C)CNC(=O)c1nc(CC2CCCCC2)c(-c2ccc(S(=O)(=O)CC(C)(C)C)c3ccccc23)s1. The van der Waals surface area contributed by atoms with Crippen molar-refractivity contribution in [1.82, 2.24) is 10.3 Å². The molecular weight excluding hydrogens is 526 g/mol.